The molecule has 0 aliphatic rings. The van der Waals surface area contributed by atoms with Gasteiger partial charge < -0.3 is 4.76 Å². The molecule has 2 radical (unpaired) electrons. The van der Waals surface area contributed by atoms with Crippen molar-refractivity contribution >= 4 is 8.05 Å². The van der Waals surface area contributed by atoms with Crippen LogP contribution in [0.15, 0.2) is 0 Å². The summed E-state index contributed by atoms with van der Waals surface area (Å²) in [5.41, 5.74) is 0. The summed E-state index contributed by atoms with van der Waals surface area (Å²) >= 11 is 0. The van der Waals surface area contributed by atoms with E-state index in [9.17, 15) is 0 Å². The first-order chi connectivity index (χ1) is 2.27. The van der Waals surface area contributed by atoms with E-state index in [1.807, 2.05) is 0 Å². The summed E-state index contributed by atoms with van der Waals surface area (Å²) in [7, 11) is 3.97. The van der Waals surface area contributed by atoms with Crippen LogP contribution in [0.5, 0.6) is 0 Å². The molecule has 4 nitrogen and oxygen atoms in total. The van der Waals surface area contributed by atoms with Crippen molar-refractivity contribution in [2.24, 2.45) is 0 Å². The summed E-state index contributed by atoms with van der Waals surface area (Å²) in [6, 6.07) is 0. The van der Waals surface area contributed by atoms with Gasteiger partial charge in [0.05, 0.1) is 0 Å². The fourth-order valence-electron chi connectivity index (χ4n) is 0. The maximum atomic E-state index is 8.83. The van der Waals surface area contributed by atoms with E-state index in [1.54, 1.807) is 0 Å². The van der Waals surface area contributed by atoms with E-state index in [1.165, 1.54) is 0 Å². The maximum Gasteiger partial charge on any atom is 0.341 e. The monoisotopic (exact) mass is 271 g/mol. The molecule has 0 bridgehead atoms. The molecule has 0 rings (SSSR count). The van der Waals surface area contributed by atoms with E-state index >= 15 is 0 Å². The molecule has 0 amide bonds. The molecule has 0 aromatic rings. The summed E-state index contributed by atoms with van der Waals surface area (Å²) in [4.78, 5) is 8.83. The molecule has 7 heteroatoms. The maximum absolute atomic E-state index is 8.83. The minimum Gasteiger partial charge on any atom is -0.399 e. The molecule has 0 spiro atoms. The summed E-state index contributed by atoms with van der Waals surface area (Å²) in [6.45, 7) is 0. The van der Waals surface area contributed by atoms with Crippen LogP contribution >= 0.6 is 0 Å². The fourth-order valence-corrected chi connectivity index (χ4v) is 0. The van der Waals surface area contributed by atoms with Gasteiger partial charge in [0, 0.05) is 57.9 Å². The molecular formula is BFeNNdO3. The van der Waals surface area contributed by atoms with Gasteiger partial charge in [-0.2, -0.15) is 0 Å². The molecule has 0 saturated heterocycles. The topological polar surface area (TPSA) is 52.4 Å². The number of nitrogens with zero attached hydrogens (tertiary/aromatic N) is 1. The molecule has 0 fully saturated rings. The van der Waals surface area contributed by atoms with Crippen LogP contribution in [-0.2, 0) is 21.8 Å². The van der Waals surface area contributed by atoms with Gasteiger partial charge in [0.25, 0.3) is 5.09 Å². The Kier molecular flexibility index (Phi) is 22.9. The Morgan fingerprint density at radius 1 is 1.71 bits per heavy atom. The van der Waals surface area contributed by atoms with Gasteiger partial charge in [-0.05, 0) is 0 Å². The molecule has 0 aliphatic heterocycles. The Bertz CT molecular complexity index is 50.2. The molecule has 0 unspecified atom stereocenters. The summed E-state index contributed by atoms with van der Waals surface area (Å²) in [5, 5.41) is 7.73. The van der Waals surface area contributed by atoms with Crippen LogP contribution < -0.4 is 0 Å². The van der Waals surface area contributed by atoms with Crippen LogP contribution in [-0.4, -0.2) is 13.1 Å². The van der Waals surface area contributed by atoms with E-state index < -0.39 is 5.09 Å². The second kappa shape index (κ2) is 10.2. The third kappa shape index (κ3) is 19.1. The van der Waals surface area contributed by atoms with E-state index in [0.29, 0.717) is 0 Å². The van der Waals surface area contributed by atoms with Crippen LogP contribution in [0, 0.1) is 51.0 Å². The number of hydrogen-bond acceptors (Lipinski definition) is 3. The van der Waals surface area contributed by atoms with Crippen molar-refractivity contribution in [3.63, 3.8) is 0 Å². The molecule has 0 aliphatic carbocycles. The summed E-state index contributed by atoms with van der Waals surface area (Å²) in [6.07, 6.45) is 0. The molecule has 0 aromatic heterocycles. The fraction of sp³-hybridized carbons (Fsp3) is 0. The van der Waals surface area contributed by atoms with Gasteiger partial charge in [0.1, 0.15) is 0 Å². The number of rotatable bonds is 1. The molecule has 7 heavy (non-hydrogen) atoms. The van der Waals surface area contributed by atoms with Crippen molar-refractivity contribution in [2.75, 3.05) is 0 Å². The van der Waals surface area contributed by atoms with Crippen molar-refractivity contribution in [2.45, 2.75) is 0 Å². The average Bonchev–Trinajstić information content (AvgIpc) is 1.38. The molecule has 0 heterocycles. The van der Waals surface area contributed by atoms with Crippen LogP contribution in [0.25, 0.3) is 0 Å². The third-order valence-electron chi connectivity index (χ3n) is 0.0861. The Hall–Kier alpha value is 1.14. The zero-order chi connectivity index (χ0) is 4.28. The Morgan fingerprint density at radius 3 is 1.86 bits per heavy atom. The standard InChI is InChI=1S/BNO3.Fe.Nd/c1-5-2(3)4;;. The Morgan fingerprint density at radius 2 is 1.86 bits per heavy atom. The predicted molar refractivity (Wildman–Crippen MR) is 13.8 cm³/mol. The zero-order valence-corrected chi connectivity index (χ0v) is 7.42. The molecule has 0 saturated carbocycles. The minimum absolute atomic E-state index is 0. The first-order valence-corrected chi connectivity index (χ1v) is 0.783. The van der Waals surface area contributed by atoms with Crippen molar-refractivity contribution < 1.29 is 67.7 Å². The summed E-state index contributed by atoms with van der Waals surface area (Å²) in [5.74, 6) is 0. The average molecular weight is 273 g/mol. The van der Waals surface area contributed by atoms with Crippen molar-refractivity contribution in [3.8, 4) is 0 Å². The largest absolute Gasteiger partial charge is 0.399 e. The van der Waals surface area contributed by atoms with Crippen molar-refractivity contribution in [1.29, 1.82) is 0 Å². The van der Waals surface area contributed by atoms with Crippen LogP contribution in [0.3, 0.4) is 0 Å². The van der Waals surface area contributed by atoms with Gasteiger partial charge in [-0.3, -0.25) is 0 Å². The third-order valence-corrected chi connectivity index (χ3v) is 0.0861. The molecule has 0 N–H and O–H groups in total. The van der Waals surface area contributed by atoms with Gasteiger partial charge >= 0.3 is 8.05 Å². The predicted octanol–water partition coefficient (Wildman–Crippen LogP) is -0.724. The second-order valence-electron chi connectivity index (χ2n) is 0.329. The van der Waals surface area contributed by atoms with Gasteiger partial charge in [0.2, 0.25) is 0 Å². The zero-order valence-electron chi connectivity index (χ0n) is 3.10. The molecular weight excluding hydrogens is 273 g/mol. The van der Waals surface area contributed by atoms with Gasteiger partial charge in [-0.1, -0.05) is 0 Å². The van der Waals surface area contributed by atoms with E-state index in [-0.39, 0.29) is 57.9 Å². The number of hydrogen-bond donors (Lipinski definition) is 0. The molecule has 0 atom stereocenters. The Balaban J connectivity index is -0.0000000800. The molecule has 38 valence electrons. The van der Waals surface area contributed by atoms with Gasteiger partial charge in [-0.25, -0.2) is 0 Å². The van der Waals surface area contributed by atoms with Gasteiger partial charge in [-0.15, -0.1) is 10.1 Å². The smallest absolute Gasteiger partial charge is 0.341 e. The normalized spacial score (nSPS) is 4.57. The van der Waals surface area contributed by atoms with Crippen molar-refractivity contribution in [1.82, 2.24) is 0 Å². The van der Waals surface area contributed by atoms with Crippen LogP contribution in [0.2, 0.25) is 0 Å². The van der Waals surface area contributed by atoms with Crippen LogP contribution in [0.4, 0.5) is 0 Å². The SMILES string of the molecule is [B]O[N+](=O)[O-].[Fe].[Nd]. The van der Waals surface area contributed by atoms with E-state index in [0.717, 1.165) is 0 Å². The second-order valence-corrected chi connectivity index (χ2v) is 0.329. The minimum atomic E-state index is -1.10. The first-order valence-electron chi connectivity index (χ1n) is 0.783. The van der Waals surface area contributed by atoms with Crippen molar-refractivity contribution in [3.05, 3.63) is 10.1 Å². The summed E-state index contributed by atoms with van der Waals surface area (Å²) < 4.78 is 2.97. The van der Waals surface area contributed by atoms with Crippen LogP contribution in [0.1, 0.15) is 0 Å². The molecule has 0 aromatic carbocycles. The first kappa shape index (κ1) is 15.7. The Labute approximate surface area is 84.9 Å². The van der Waals surface area contributed by atoms with E-state index in [2.05, 4.69) is 12.8 Å². The van der Waals surface area contributed by atoms with Gasteiger partial charge in [0.15, 0.2) is 0 Å². The van der Waals surface area contributed by atoms with E-state index in [4.69, 9.17) is 10.1 Å². The quantitative estimate of drug-likeness (QED) is 0.360.